The minimum Gasteiger partial charge on any atom is -0.321 e. The maximum absolute atomic E-state index is 12.8. The van der Waals surface area contributed by atoms with Crippen LogP contribution in [0.3, 0.4) is 0 Å². The van der Waals surface area contributed by atoms with Gasteiger partial charge in [-0.25, -0.2) is 0 Å². The van der Waals surface area contributed by atoms with Gasteiger partial charge >= 0.3 is 6.18 Å². The molecule has 0 fully saturated rings. The van der Waals surface area contributed by atoms with Crippen molar-refractivity contribution in [1.82, 2.24) is 4.98 Å². The number of nitrogens with one attached hydrogen (secondary N) is 1. The summed E-state index contributed by atoms with van der Waals surface area (Å²) in [6, 6.07) is 8.93. The van der Waals surface area contributed by atoms with Gasteiger partial charge in [0.2, 0.25) is 0 Å². The number of halogens is 3. The monoisotopic (exact) mass is 305 g/mol. The molecule has 1 aromatic heterocycles. The predicted octanol–water partition coefficient (Wildman–Crippen LogP) is 4.82. The minimum absolute atomic E-state index is 0.199. The molecule has 1 N–H and O–H groups in total. The highest BCUT2D eigenvalue weighted by molar-refractivity contribution is 6.05. The van der Waals surface area contributed by atoms with E-state index in [0.29, 0.717) is 16.2 Å². The number of alkyl halides is 3. The Labute approximate surface area is 124 Å². The van der Waals surface area contributed by atoms with Gasteiger partial charge in [0, 0.05) is 16.3 Å². The zero-order valence-electron chi connectivity index (χ0n) is 12.1. The number of aromatic nitrogens is 1. The predicted molar refractivity (Wildman–Crippen MR) is 81.2 cm³/mol. The molecule has 114 valence electrons. The fourth-order valence-electron chi connectivity index (χ4n) is 2.59. The second-order valence-corrected chi connectivity index (χ2v) is 5.67. The molecule has 1 heterocycles. The van der Waals surface area contributed by atoms with Crippen LogP contribution in [-0.2, 0) is 6.18 Å². The standard InChI is InChI=1S/C17H14F3NO/c1-9(2)10-3-5-12-13-6-4-11(17(18,19)20)8-15(13)21-16(22)14(12)7-10/h3-9H,1-2H3,(H,21,22). The zero-order valence-corrected chi connectivity index (χ0v) is 12.1. The van der Waals surface area contributed by atoms with Crippen LogP contribution in [0, 0.1) is 0 Å². The second kappa shape index (κ2) is 4.87. The van der Waals surface area contributed by atoms with Crippen molar-refractivity contribution < 1.29 is 13.2 Å². The molecule has 0 amide bonds. The van der Waals surface area contributed by atoms with Gasteiger partial charge in [0.25, 0.3) is 5.56 Å². The smallest absolute Gasteiger partial charge is 0.321 e. The maximum atomic E-state index is 12.8. The van der Waals surface area contributed by atoms with Crippen LogP contribution in [0.4, 0.5) is 13.2 Å². The van der Waals surface area contributed by atoms with Gasteiger partial charge in [-0.1, -0.05) is 32.0 Å². The molecule has 0 aliphatic rings. The average molecular weight is 305 g/mol. The Hall–Kier alpha value is -2.30. The molecule has 0 unspecified atom stereocenters. The van der Waals surface area contributed by atoms with Gasteiger partial charge in [-0.3, -0.25) is 4.79 Å². The molecule has 5 heteroatoms. The first-order chi connectivity index (χ1) is 10.3. The van der Waals surface area contributed by atoms with Crippen molar-refractivity contribution >= 4 is 21.7 Å². The molecule has 2 nitrogen and oxygen atoms in total. The topological polar surface area (TPSA) is 32.9 Å². The van der Waals surface area contributed by atoms with E-state index in [-0.39, 0.29) is 17.0 Å². The molecule has 0 radical (unpaired) electrons. The fraction of sp³-hybridized carbons (Fsp3) is 0.235. The molecule has 2 aromatic carbocycles. The van der Waals surface area contributed by atoms with Gasteiger partial charge in [-0.05, 0) is 35.1 Å². The Morgan fingerprint density at radius 3 is 2.27 bits per heavy atom. The number of H-pyrrole nitrogens is 1. The first kappa shape index (κ1) is 14.6. The summed E-state index contributed by atoms with van der Waals surface area (Å²) in [5, 5.41) is 1.77. The number of rotatable bonds is 1. The lowest BCUT2D eigenvalue weighted by Crippen LogP contribution is -2.09. The van der Waals surface area contributed by atoms with Crippen molar-refractivity contribution in [1.29, 1.82) is 0 Å². The number of benzene rings is 2. The van der Waals surface area contributed by atoms with Gasteiger partial charge in [0.05, 0.1) is 5.56 Å². The molecular formula is C17H14F3NO. The molecule has 0 saturated heterocycles. The van der Waals surface area contributed by atoms with Crippen LogP contribution in [0.15, 0.2) is 41.2 Å². The summed E-state index contributed by atoms with van der Waals surface area (Å²) >= 11 is 0. The zero-order chi connectivity index (χ0) is 16.1. The Morgan fingerprint density at radius 2 is 1.64 bits per heavy atom. The summed E-state index contributed by atoms with van der Waals surface area (Å²) < 4.78 is 38.3. The summed E-state index contributed by atoms with van der Waals surface area (Å²) in [5.41, 5.74) is 0.0759. The molecular weight excluding hydrogens is 291 g/mol. The van der Waals surface area contributed by atoms with Crippen LogP contribution in [-0.4, -0.2) is 4.98 Å². The lowest BCUT2D eigenvalue weighted by molar-refractivity contribution is -0.137. The van der Waals surface area contributed by atoms with E-state index in [1.807, 2.05) is 19.9 Å². The quantitative estimate of drug-likeness (QED) is 0.642. The van der Waals surface area contributed by atoms with E-state index < -0.39 is 11.7 Å². The summed E-state index contributed by atoms with van der Waals surface area (Å²) in [7, 11) is 0. The third-order valence-electron chi connectivity index (χ3n) is 3.84. The number of hydrogen-bond acceptors (Lipinski definition) is 1. The lowest BCUT2D eigenvalue weighted by atomic mass is 9.98. The highest BCUT2D eigenvalue weighted by atomic mass is 19.4. The van der Waals surface area contributed by atoms with E-state index in [2.05, 4.69) is 4.98 Å². The van der Waals surface area contributed by atoms with Crippen LogP contribution in [0.2, 0.25) is 0 Å². The lowest BCUT2D eigenvalue weighted by Gasteiger charge is -2.11. The van der Waals surface area contributed by atoms with Crippen LogP contribution < -0.4 is 5.56 Å². The van der Waals surface area contributed by atoms with E-state index in [0.717, 1.165) is 17.7 Å². The largest absolute Gasteiger partial charge is 0.416 e. The molecule has 0 spiro atoms. The highest BCUT2D eigenvalue weighted by Gasteiger charge is 2.30. The van der Waals surface area contributed by atoms with Crippen molar-refractivity contribution in [3.8, 4) is 0 Å². The SMILES string of the molecule is CC(C)c1ccc2c(c1)c(=O)[nH]c1cc(C(F)(F)F)ccc12. The molecule has 0 bridgehead atoms. The Balaban J connectivity index is 2.35. The molecule has 0 aliphatic heterocycles. The Morgan fingerprint density at radius 1 is 0.955 bits per heavy atom. The van der Waals surface area contributed by atoms with Crippen molar-refractivity contribution in [2.45, 2.75) is 25.9 Å². The van der Waals surface area contributed by atoms with E-state index in [4.69, 9.17) is 0 Å². The van der Waals surface area contributed by atoms with Gasteiger partial charge in [0.15, 0.2) is 0 Å². The first-order valence-corrected chi connectivity index (χ1v) is 6.94. The molecule has 0 aliphatic carbocycles. The normalized spacial score (nSPS) is 12.5. The molecule has 22 heavy (non-hydrogen) atoms. The third kappa shape index (κ3) is 2.36. The Kier molecular flexibility index (Phi) is 3.24. The average Bonchev–Trinajstić information content (AvgIpc) is 2.45. The summed E-state index contributed by atoms with van der Waals surface area (Å²) in [5.74, 6) is 0.270. The Bertz CT molecular complexity index is 923. The van der Waals surface area contributed by atoms with Crippen LogP contribution in [0.1, 0.15) is 30.9 Å². The van der Waals surface area contributed by atoms with E-state index in [9.17, 15) is 18.0 Å². The van der Waals surface area contributed by atoms with E-state index in [1.54, 1.807) is 12.1 Å². The van der Waals surface area contributed by atoms with E-state index >= 15 is 0 Å². The second-order valence-electron chi connectivity index (χ2n) is 5.67. The number of aromatic amines is 1. The van der Waals surface area contributed by atoms with Gasteiger partial charge < -0.3 is 4.98 Å². The van der Waals surface area contributed by atoms with Crippen LogP contribution in [0.25, 0.3) is 21.7 Å². The molecule has 3 aromatic rings. The minimum atomic E-state index is -4.43. The number of hydrogen-bond donors (Lipinski definition) is 1. The highest BCUT2D eigenvalue weighted by Crippen LogP contribution is 2.32. The third-order valence-corrected chi connectivity index (χ3v) is 3.84. The van der Waals surface area contributed by atoms with Gasteiger partial charge in [0.1, 0.15) is 0 Å². The number of pyridine rings is 1. The fourth-order valence-corrected chi connectivity index (χ4v) is 2.59. The van der Waals surface area contributed by atoms with Crippen LogP contribution >= 0.6 is 0 Å². The maximum Gasteiger partial charge on any atom is 0.416 e. The van der Waals surface area contributed by atoms with Crippen molar-refractivity contribution in [2.24, 2.45) is 0 Å². The van der Waals surface area contributed by atoms with E-state index in [1.165, 1.54) is 6.07 Å². The van der Waals surface area contributed by atoms with Crippen molar-refractivity contribution in [2.75, 3.05) is 0 Å². The molecule has 3 rings (SSSR count). The summed E-state index contributed by atoms with van der Waals surface area (Å²) in [6.07, 6.45) is -4.43. The molecule has 0 atom stereocenters. The van der Waals surface area contributed by atoms with Gasteiger partial charge in [-0.15, -0.1) is 0 Å². The van der Waals surface area contributed by atoms with Gasteiger partial charge in [-0.2, -0.15) is 13.2 Å². The summed E-state index contributed by atoms with van der Waals surface area (Å²) in [4.78, 5) is 14.7. The van der Waals surface area contributed by atoms with Crippen molar-refractivity contribution in [3.05, 3.63) is 57.9 Å². The van der Waals surface area contributed by atoms with Crippen LogP contribution in [0.5, 0.6) is 0 Å². The number of fused-ring (bicyclic) bond motifs is 3. The molecule has 0 saturated carbocycles. The van der Waals surface area contributed by atoms with Crippen molar-refractivity contribution in [3.63, 3.8) is 0 Å². The first-order valence-electron chi connectivity index (χ1n) is 6.94. The summed E-state index contributed by atoms with van der Waals surface area (Å²) in [6.45, 7) is 4.04.